The van der Waals surface area contributed by atoms with Crippen molar-refractivity contribution in [3.05, 3.63) is 28.8 Å². The fraction of sp³-hybridized carbons (Fsp3) is 0.526. The van der Waals surface area contributed by atoms with E-state index in [0.717, 1.165) is 39.0 Å². The van der Waals surface area contributed by atoms with Crippen LogP contribution in [0, 0.1) is 11.3 Å². The minimum absolute atomic E-state index is 0.0921. The number of nitrogens with one attached hydrogen (secondary N) is 2. The molecule has 3 rings (SSSR count). The number of hydrogen-bond acceptors (Lipinski definition) is 5. The van der Waals surface area contributed by atoms with Crippen LogP contribution in [-0.2, 0) is 9.59 Å². The van der Waals surface area contributed by atoms with Crippen molar-refractivity contribution in [2.45, 2.75) is 31.8 Å². The Labute approximate surface area is 164 Å². The molecular formula is C19H24ClN5O2. The number of carbonyl (C=O) groups is 2. The summed E-state index contributed by atoms with van der Waals surface area (Å²) in [5.74, 6) is -0.0230. The van der Waals surface area contributed by atoms with E-state index in [4.69, 9.17) is 16.9 Å². The van der Waals surface area contributed by atoms with Gasteiger partial charge in [-0.05, 0) is 38.0 Å². The van der Waals surface area contributed by atoms with Crippen LogP contribution in [0.2, 0.25) is 5.02 Å². The Morgan fingerprint density at radius 1 is 1.30 bits per heavy atom. The van der Waals surface area contributed by atoms with Crippen LogP contribution in [0.4, 0.5) is 5.69 Å². The summed E-state index contributed by atoms with van der Waals surface area (Å²) in [7, 11) is 0. The third-order valence-electron chi connectivity index (χ3n) is 5.00. The van der Waals surface area contributed by atoms with Gasteiger partial charge in [-0.1, -0.05) is 11.6 Å². The fourth-order valence-corrected chi connectivity index (χ4v) is 3.33. The number of rotatable bonds is 6. The minimum Gasteiger partial charge on any atom is -0.352 e. The second kappa shape index (κ2) is 8.70. The lowest BCUT2D eigenvalue weighted by Crippen LogP contribution is -2.54. The van der Waals surface area contributed by atoms with Crippen molar-refractivity contribution in [1.29, 1.82) is 5.26 Å². The summed E-state index contributed by atoms with van der Waals surface area (Å²) >= 11 is 6.01. The number of benzene rings is 1. The van der Waals surface area contributed by atoms with Gasteiger partial charge in [-0.3, -0.25) is 19.4 Å². The number of anilines is 1. The van der Waals surface area contributed by atoms with Crippen LogP contribution in [0.25, 0.3) is 0 Å². The molecule has 1 aliphatic carbocycles. The van der Waals surface area contributed by atoms with Crippen LogP contribution in [0.15, 0.2) is 18.2 Å². The van der Waals surface area contributed by atoms with Crippen molar-refractivity contribution >= 4 is 29.1 Å². The molecule has 1 atom stereocenters. The molecule has 1 aromatic rings. The van der Waals surface area contributed by atoms with E-state index in [0.29, 0.717) is 28.9 Å². The first kappa shape index (κ1) is 19.6. The molecule has 7 nitrogen and oxygen atoms in total. The number of nitriles is 1. The van der Waals surface area contributed by atoms with E-state index in [1.807, 2.05) is 13.0 Å². The summed E-state index contributed by atoms with van der Waals surface area (Å²) < 4.78 is 0. The van der Waals surface area contributed by atoms with Crippen LogP contribution < -0.4 is 10.6 Å². The highest BCUT2D eigenvalue weighted by atomic mass is 35.5. The molecule has 2 fully saturated rings. The summed E-state index contributed by atoms with van der Waals surface area (Å²) in [5.41, 5.74) is 0.954. The van der Waals surface area contributed by atoms with Gasteiger partial charge in [0.2, 0.25) is 11.8 Å². The molecule has 2 N–H and O–H groups in total. The molecular weight excluding hydrogens is 366 g/mol. The van der Waals surface area contributed by atoms with Crippen LogP contribution >= 0.6 is 11.6 Å². The molecule has 2 amide bonds. The highest BCUT2D eigenvalue weighted by Crippen LogP contribution is 2.21. The van der Waals surface area contributed by atoms with Gasteiger partial charge in [0.25, 0.3) is 0 Å². The molecule has 0 bridgehead atoms. The van der Waals surface area contributed by atoms with E-state index in [-0.39, 0.29) is 17.9 Å². The van der Waals surface area contributed by atoms with Crippen LogP contribution in [0.3, 0.4) is 0 Å². The smallest absolute Gasteiger partial charge is 0.241 e. The molecule has 0 radical (unpaired) electrons. The second-order valence-corrected chi connectivity index (χ2v) is 7.53. The number of hydrogen-bond donors (Lipinski definition) is 2. The maximum Gasteiger partial charge on any atom is 0.241 e. The first-order valence-electron chi connectivity index (χ1n) is 9.22. The van der Waals surface area contributed by atoms with E-state index in [2.05, 4.69) is 20.4 Å². The Kier molecular flexibility index (Phi) is 6.32. The van der Waals surface area contributed by atoms with E-state index >= 15 is 0 Å². The van der Waals surface area contributed by atoms with Gasteiger partial charge in [0.15, 0.2) is 0 Å². The summed E-state index contributed by atoms with van der Waals surface area (Å²) in [6.45, 7) is 5.29. The average Bonchev–Trinajstić information content (AvgIpc) is 3.45. The van der Waals surface area contributed by atoms with Gasteiger partial charge in [0, 0.05) is 37.9 Å². The highest BCUT2D eigenvalue weighted by Gasteiger charge is 2.28. The third-order valence-corrected chi connectivity index (χ3v) is 5.31. The molecule has 1 heterocycles. The maximum atomic E-state index is 12.5. The SMILES string of the molecule is C[C@@H](C(=O)Nc1ccc(C#N)c(Cl)c1)N1CCN(CC(=O)NC2CC2)CC1. The fourth-order valence-electron chi connectivity index (χ4n) is 3.11. The van der Waals surface area contributed by atoms with Crippen molar-refractivity contribution in [3.63, 3.8) is 0 Å². The summed E-state index contributed by atoms with van der Waals surface area (Å²) in [6, 6.07) is 6.94. The quantitative estimate of drug-likeness (QED) is 0.768. The summed E-state index contributed by atoms with van der Waals surface area (Å²) in [6.07, 6.45) is 2.19. The highest BCUT2D eigenvalue weighted by molar-refractivity contribution is 6.32. The molecule has 144 valence electrons. The number of nitrogens with zero attached hydrogens (tertiary/aromatic N) is 3. The lowest BCUT2D eigenvalue weighted by Gasteiger charge is -2.37. The minimum atomic E-state index is -0.290. The molecule has 0 unspecified atom stereocenters. The van der Waals surface area contributed by atoms with E-state index < -0.39 is 0 Å². The van der Waals surface area contributed by atoms with Crippen molar-refractivity contribution < 1.29 is 9.59 Å². The average molecular weight is 390 g/mol. The first-order valence-corrected chi connectivity index (χ1v) is 9.60. The topological polar surface area (TPSA) is 88.5 Å². The summed E-state index contributed by atoms with van der Waals surface area (Å²) in [4.78, 5) is 28.7. The first-order chi connectivity index (χ1) is 13.0. The largest absolute Gasteiger partial charge is 0.352 e. The van der Waals surface area contributed by atoms with Crippen molar-refractivity contribution in [1.82, 2.24) is 15.1 Å². The van der Waals surface area contributed by atoms with E-state index in [9.17, 15) is 9.59 Å². The van der Waals surface area contributed by atoms with E-state index in [1.165, 1.54) is 0 Å². The maximum absolute atomic E-state index is 12.5. The number of carbonyl (C=O) groups excluding carboxylic acids is 2. The molecule has 0 aromatic heterocycles. The molecule has 1 saturated carbocycles. The molecule has 1 aliphatic heterocycles. The number of piperazine rings is 1. The zero-order valence-electron chi connectivity index (χ0n) is 15.4. The lowest BCUT2D eigenvalue weighted by molar-refractivity contribution is -0.124. The Morgan fingerprint density at radius 3 is 2.59 bits per heavy atom. The summed E-state index contributed by atoms with van der Waals surface area (Å²) in [5, 5.41) is 15.1. The van der Waals surface area contributed by atoms with E-state index in [1.54, 1.807) is 18.2 Å². The van der Waals surface area contributed by atoms with Gasteiger partial charge in [0.1, 0.15) is 6.07 Å². The Morgan fingerprint density at radius 2 is 2.00 bits per heavy atom. The van der Waals surface area contributed by atoms with Gasteiger partial charge < -0.3 is 10.6 Å². The Bertz CT molecular complexity index is 751. The standard InChI is InChI=1S/C19H24ClN5O2/c1-13(19(27)23-16-3-2-14(11-21)17(20)10-16)25-8-6-24(7-9-25)12-18(26)22-15-4-5-15/h2-3,10,13,15H,4-9,12H2,1H3,(H,22,26)(H,23,27)/t13-/m0/s1. The molecule has 1 aromatic carbocycles. The van der Waals surface area contributed by atoms with Crippen molar-refractivity contribution in [3.8, 4) is 6.07 Å². The molecule has 27 heavy (non-hydrogen) atoms. The van der Waals surface area contributed by atoms with Crippen molar-refractivity contribution in [2.75, 3.05) is 38.0 Å². The molecule has 8 heteroatoms. The van der Waals surface area contributed by atoms with Gasteiger partial charge in [0.05, 0.1) is 23.2 Å². The van der Waals surface area contributed by atoms with Crippen LogP contribution in [-0.4, -0.2) is 66.4 Å². The Hall–Kier alpha value is -2.14. The predicted molar refractivity (Wildman–Crippen MR) is 103 cm³/mol. The number of halogens is 1. The lowest BCUT2D eigenvalue weighted by atomic mass is 10.2. The zero-order chi connectivity index (χ0) is 19.4. The van der Waals surface area contributed by atoms with Gasteiger partial charge in [-0.25, -0.2) is 0 Å². The molecule has 1 saturated heterocycles. The van der Waals surface area contributed by atoms with Crippen LogP contribution in [0.1, 0.15) is 25.3 Å². The normalized spacial score (nSPS) is 19.1. The van der Waals surface area contributed by atoms with Gasteiger partial charge in [-0.2, -0.15) is 5.26 Å². The second-order valence-electron chi connectivity index (χ2n) is 7.13. The predicted octanol–water partition coefficient (Wildman–Crippen LogP) is 1.43. The monoisotopic (exact) mass is 389 g/mol. The zero-order valence-corrected chi connectivity index (χ0v) is 16.1. The van der Waals surface area contributed by atoms with Gasteiger partial charge in [-0.15, -0.1) is 0 Å². The molecule has 0 spiro atoms. The molecule has 2 aliphatic rings. The van der Waals surface area contributed by atoms with Crippen molar-refractivity contribution in [2.24, 2.45) is 0 Å². The van der Waals surface area contributed by atoms with Crippen LogP contribution in [0.5, 0.6) is 0 Å². The Balaban J connectivity index is 1.46. The third kappa shape index (κ3) is 5.42. The van der Waals surface area contributed by atoms with Gasteiger partial charge >= 0.3 is 0 Å². The number of amides is 2.